The highest BCUT2D eigenvalue weighted by atomic mass is 16.7. The van der Waals surface area contributed by atoms with E-state index in [1.54, 1.807) is 27.7 Å². The number of hydrogen-bond donors (Lipinski definition) is 7. The molecule has 0 unspecified atom stereocenters. The maximum absolute atomic E-state index is 14.7. The van der Waals surface area contributed by atoms with Gasteiger partial charge in [0.25, 0.3) is 0 Å². The van der Waals surface area contributed by atoms with E-state index in [4.69, 9.17) is 28.4 Å². The number of aliphatic hydroxyl groups excluding tert-OH is 5. The summed E-state index contributed by atoms with van der Waals surface area (Å²) in [4.78, 5) is 42.9. The zero-order chi connectivity index (χ0) is 37.3. The van der Waals surface area contributed by atoms with Gasteiger partial charge in [0, 0.05) is 35.3 Å². The maximum Gasteiger partial charge on any atom is 0.229 e. The quantitative estimate of drug-likeness (QED) is 0.226. The Morgan fingerprint density at radius 1 is 0.846 bits per heavy atom. The third kappa shape index (κ3) is 4.65. The van der Waals surface area contributed by atoms with Crippen LogP contribution in [-0.2, 0) is 14.2 Å². The van der Waals surface area contributed by atoms with Crippen molar-refractivity contribution < 1.29 is 78.6 Å². The second kappa shape index (κ2) is 11.9. The van der Waals surface area contributed by atoms with Crippen LogP contribution >= 0.6 is 0 Å². The van der Waals surface area contributed by atoms with E-state index < -0.39 is 114 Å². The summed E-state index contributed by atoms with van der Waals surface area (Å²) in [5, 5.41) is 75.3. The van der Waals surface area contributed by atoms with Crippen LogP contribution in [0, 0.1) is 5.92 Å². The van der Waals surface area contributed by atoms with Gasteiger partial charge >= 0.3 is 0 Å². The predicted molar refractivity (Wildman–Crippen MR) is 171 cm³/mol. The Bertz CT molecular complexity index is 1940. The van der Waals surface area contributed by atoms with Crippen LogP contribution in [0.3, 0.4) is 0 Å². The van der Waals surface area contributed by atoms with E-state index in [9.17, 15) is 50.1 Å². The molecule has 6 aliphatic rings. The molecule has 0 saturated carbocycles. The van der Waals surface area contributed by atoms with Gasteiger partial charge in [-0.1, -0.05) is 0 Å². The minimum absolute atomic E-state index is 0.0727. The zero-order valence-corrected chi connectivity index (χ0v) is 28.4. The number of ketones is 3. The van der Waals surface area contributed by atoms with Crippen molar-refractivity contribution in [3.8, 4) is 28.7 Å². The summed E-state index contributed by atoms with van der Waals surface area (Å²) in [6.45, 7) is 5.79. The van der Waals surface area contributed by atoms with Crippen molar-refractivity contribution in [3.05, 3.63) is 51.6 Å². The van der Waals surface area contributed by atoms with E-state index in [0.29, 0.717) is 0 Å². The lowest BCUT2D eigenvalue weighted by Crippen LogP contribution is -2.72. The van der Waals surface area contributed by atoms with Crippen LogP contribution in [0.2, 0.25) is 0 Å². The summed E-state index contributed by atoms with van der Waals surface area (Å²) in [6, 6.07) is 3.33. The largest absolute Gasteiger partial charge is 0.508 e. The highest BCUT2D eigenvalue weighted by Gasteiger charge is 2.69. The molecule has 4 heterocycles. The van der Waals surface area contributed by atoms with E-state index in [1.807, 2.05) is 0 Å². The second-order valence-corrected chi connectivity index (χ2v) is 14.3. The van der Waals surface area contributed by atoms with Gasteiger partial charge < -0.3 is 64.2 Å². The number of ether oxygens (including phenoxy) is 6. The molecule has 4 aliphatic heterocycles. The first kappa shape index (κ1) is 34.9. The first-order valence-electron chi connectivity index (χ1n) is 17.1. The molecule has 0 aromatic heterocycles. The predicted octanol–water partition coefficient (Wildman–Crippen LogP) is 0.381. The number of benzene rings is 2. The number of fused-ring (bicyclic) bond motifs is 5. The standard InChI is InChI=1S/C36H38O16/c1-10-5-15-21(11(2)47-10)28(42)23-17(39)8-19-32(24(23)26(15)40)51-34-16-6-14(38)7-18(49-35-31(45)30(44)27(41)20(9-37)50-35)22(16)29(43)25-12(3)48-13(4)33(46)36(25,34)52-19/h6-8,10-13,20,25,27,30-31,33-35,37-39,41,44-46H,5,9H2,1-4H3/t10-,11-,12+,13-,20-,25+,27-,30+,31-,33-,34+,35-,36+/m1/s1. The van der Waals surface area contributed by atoms with Crippen LogP contribution in [0.1, 0.15) is 76.9 Å². The molecular formula is C36H38O16. The van der Waals surface area contributed by atoms with E-state index in [1.165, 1.54) is 6.07 Å². The molecule has 2 aromatic rings. The molecule has 52 heavy (non-hydrogen) atoms. The van der Waals surface area contributed by atoms with Crippen LogP contribution < -0.4 is 14.2 Å². The van der Waals surface area contributed by atoms with Crippen molar-refractivity contribution in [2.75, 3.05) is 6.61 Å². The molecule has 2 aromatic carbocycles. The Balaban J connectivity index is 1.31. The number of hydrogen-bond acceptors (Lipinski definition) is 16. The molecular weight excluding hydrogens is 688 g/mol. The molecule has 0 amide bonds. The zero-order valence-electron chi connectivity index (χ0n) is 28.4. The van der Waals surface area contributed by atoms with Gasteiger partial charge in [-0.25, -0.2) is 0 Å². The Labute approximate surface area is 295 Å². The van der Waals surface area contributed by atoms with Gasteiger partial charge in [0.05, 0.1) is 53.6 Å². The van der Waals surface area contributed by atoms with Crippen molar-refractivity contribution in [2.24, 2.45) is 5.92 Å². The second-order valence-electron chi connectivity index (χ2n) is 14.3. The summed E-state index contributed by atoms with van der Waals surface area (Å²) >= 11 is 0. The molecule has 7 N–H and O–H groups in total. The first-order valence-corrected chi connectivity index (χ1v) is 17.1. The number of phenolic OH excluding ortho intramolecular Hbond substituents is 2. The Hall–Kier alpha value is -4.13. The molecule has 2 fully saturated rings. The molecule has 2 saturated heterocycles. The molecule has 16 heteroatoms. The van der Waals surface area contributed by atoms with Gasteiger partial charge in [-0.05, 0) is 33.8 Å². The van der Waals surface area contributed by atoms with Crippen LogP contribution in [0.4, 0.5) is 0 Å². The lowest BCUT2D eigenvalue weighted by atomic mass is 9.62. The van der Waals surface area contributed by atoms with Crippen molar-refractivity contribution in [3.63, 3.8) is 0 Å². The van der Waals surface area contributed by atoms with Crippen molar-refractivity contribution in [2.45, 2.75) is 107 Å². The summed E-state index contributed by atoms with van der Waals surface area (Å²) < 4.78 is 36.5. The Morgan fingerprint density at radius 2 is 1.58 bits per heavy atom. The fourth-order valence-corrected chi connectivity index (χ4v) is 8.86. The average molecular weight is 727 g/mol. The van der Waals surface area contributed by atoms with Crippen LogP contribution in [0.25, 0.3) is 0 Å². The molecule has 0 bridgehead atoms. The number of rotatable bonds is 3. The topological polar surface area (TPSA) is 248 Å². The van der Waals surface area contributed by atoms with E-state index in [2.05, 4.69) is 0 Å². The number of Topliss-reactive ketones (excluding diaryl/α,β-unsaturated/α-hetero) is 3. The minimum Gasteiger partial charge on any atom is -0.508 e. The highest BCUT2D eigenvalue weighted by molar-refractivity contribution is 6.29. The number of carbonyl (C=O) groups is 3. The summed E-state index contributed by atoms with van der Waals surface area (Å²) in [6.07, 6.45) is -14.5. The third-order valence-corrected chi connectivity index (χ3v) is 11.1. The van der Waals surface area contributed by atoms with Gasteiger partial charge in [-0.2, -0.15) is 0 Å². The summed E-state index contributed by atoms with van der Waals surface area (Å²) in [7, 11) is 0. The molecule has 8 rings (SSSR count). The van der Waals surface area contributed by atoms with Gasteiger partial charge in [-0.15, -0.1) is 0 Å². The smallest absolute Gasteiger partial charge is 0.229 e. The minimum atomic E-state index is -1.99. The first-order chi connectivity index (χ1) is 24.6. The molecule has 0 radical (unpaired) electrons. The molecule has 1 spiro atoms. The average Bonchev–Trinajstić information content (AvgIpc) is 3.08. The van der Waals surface area contributed by atoms with Crippen LogP contribution in [0.15, 0.2) is 29.3 Å². The van der Waals surface area contributed by atoms with E-state index >= 15 is 0 Å². The number of phenols is 2. The van der Waals surface area contributed by atoms with Crippen molar-refractivity contribution in [1.29, 1.82) is 0 Å². The van der Waals surface area contributed by atoms with Crippen molar-refractivity contribution in [1.82, 2.24) is 0 Å². The van der Waals surface area contributed by atoms with Gasteiger partial charge in [-0.3, -0.25) is 14.4 Å². The van der Waals surface area contributed by atoms with Crippen molar-refractivity contribution >= 4 is 17.3 Å². The molecule has 16 nitrogen and oxygen atoms in total. The van der Waals surface area contributed by atoms with Gasteiger partial charge in [0.1, 0.15) is 47.8 Å². The number of aliphatic hydroxyl groups is 5. The van der Waals surface area contributed by atoms with Crippen LogP contribution in [-0.4, -0.2) is 127 Å². The summed E-state index contributed by atoms with van der Waals surface area (Å²) in [5.41, 5.74) is -2.56. The van der Waals surface area contributed by atoms with Crippen LogP contribution in [0.5, 0.6) is 28.7 Å². The fraction of sp³-hybridized carbons (Fsp3) is 0.528. The maximum atomic E-state index is 14.7. The normalized spacial score (nSPS) is 39.2. The summed E-state index contributed by atoms with van der Waals surface area (Å²) in [5.74, 6) is -5.16. The molecule has 278 valence electrons. The SMILES string of the molecule is C[C@@H]1CC2=C(C(=O)c3c(O)cc4c(c3C2=O)O[C@H]2c3cc(O)cc(O[C@@H]5O[C@H](CO)[C@@H](O)[C@H](O)[C@H]5O)c3C(=O)[C@@H]3[C@H](C)O[C@H](C)[C@@H](O)[C@@]32O4)[C@@H](C)O1. The number of aromatic hydroxyl groups is 2. The van der Waals surface area contributed by atoms with Gasteiger partial charge in [0.15, 0.2) is 40.6 Å². The Kier molecular flexibility index (Phi) is 8.02. The highest BCUT2D eigenvalue weighted by Crippen LogP contribution is 2.61. The fourth-order valence-electron chi connectivity index (χ4n) is 8.86. The van der Waals surface area contributed by atoms with E-state index in [-0.39, 0.29) is 57.1 Å². The lowest BCUT2D eigenvalue weighted by Gasteiger charge is -2.58. The molecule has 13 atom stereocenters. The lowest BCUT2D eigenvalue weighted by molar-refractivity contribution is -0.277. The monoisotopic (exact) mass is 726 g/mol. The number of carbonyl (C=O) groups excluding carboxylic acids is 3. The Morgan fingerprint density at radius 3 is 2.29 bits per heavy atom. The third-order valence-electron chi connectivity index (χ3n) is 11.1. The van der Waals surface area contributed by atoms with Gasteiger partial charge in [0.2, 0.25) is 6.29 Å². The molecule has 2 aliphatic carbocycles. The van der Waals surface area contributed by atoms with E-state index in [0.717, 1.165) is 12.1 Å².